The highest BCUT2D eigenvalue weighted by Gasteiger charge is 2.26. The molecule has 0 aliphatic carbocycles. The number of benzene rings is 2. The highest BCUT2D eigenvalue weighted by molar-refractivity contribution is 5.96. The van der Waals surface area contributed by atoms with Gasteiger partial charge in [0.1, 0.15) is 30.0 Å². The van der Waals surface area contributed by atoms with Gasteiger partial charge in [-0.2, -0.15) is 0 Å². The molecule has 2 rings (SSSR count). The molecule has 2 aromatic carbocycles. The quantitative estimate of drug-likeness (QED) is 0.701. The van der Waals surface area contributed by atoms with E-state index in [9.17, 15) is 14.0 Å². The van der Waals surface area contributed by atoms with Crippen molar-refractivity contribution in [1.82, 2.24) is 5.32 Å². The third-order valence-electron chi connectivity index (χ3n) is 4.17. The highest BCUT2D eigenvalue weighted by Crippen LogP contribution is 2.21. The molecule has 1 amide bonds. The second-order valence-corrected chi connectivity index (χ2v) is 6.49. The Hall–Kier alpha value is -3.09. The molecule has 0 fully saturated rings. The number of esters is 1. The lowest BCUT2D eigenvalue weighted by Gasteiger charge is -2.21. The van der Waals surface area contributed by atoms with E-state index < -0.39 is 23.7 Å². The third-order valence-corrected chi connectivity index (χ3v) is 4.17. The molecule has 0 heterocycles. The van der Waals surface area contributed by atoms with Gasteiger partial charge in [0, 0.05) is 11.1 Å². The summed E-state index contributed by atoms with van der Waals surface area (Å²) >= 11 is 0. The molecule has 0 saturated carbocycles. The Labute approximate surface area is 163 Å². The van der Waals surface area contributed by atoms with Gasteiger partial charge < -0.3 is 19.5 Å². The van der Waals surface area contributed by atoms with E-state index in [2.05, 4.69) is 5.32 Å². The van der Waals surface area contributed by atoms with Gasteiger partial charge in [0.05, 0.1) is 14.2 Å². The molecular formula is C21H24FNO5. The Morgan fingerprint density at radius 1 is 1.04 bits per heavy atom. The van der Waals surface area contributed by atoms with Crippen molar-refractivity contribution in [3.8, 4) is 11.5 Å². The van der Waals surface area contributed by atoms with Gasteiger partial charge in [-0.25, -0.2) is 9.18 Å². The lowest BCUT2D eigenvalue weighted by atomic mass is 10.0. The topological polar surface area (TPSA) is 73.9 Å². The molecule has 28 heavy (non-hydrogen) atoms. The number of halogens is 1. The normalized spacial score (nSPS) is 11.6. The van der Waals surface area contributed by atoms with Crippen LogP contribution in [0.5, 0.6) is 11.5 Å². The fourth-order valence-electron chi connectivity index (χ4n) is 2.56. The minimum Gasteiger partial charge on any atom is -0.497 e. The van der Waals surface area contributed by atoms with Gasteiger partial charge in [-0.05, 0) is 48.4 Å². The zero-order valence-electron chi connectivity index (χ0n) is 16.3. The van der Waals surface area contributed by atoms with Crippen LogP contribution in [0.15, 0.2) is 42.5 Å². The maximum Gasteiger partial charge on any atom is 0.329 e. The molecule has 150 valence electrons. The fourth-order valence-corrected chi connectivity index (χ4v) is 2.56. The van der Waals surface area contributed by atoms with E-state index in [1.54, 1.807) is 38.1 Å². The number of hydrogen-bond acceptors (Lipinski definition) is 5. The number of rotatable bonds is 8. The van der Waals surface area contributed by atoms with Gasteiger partial charge in [-0.3, -0.25) is 4.79 Å². The second-order valence-electron chi connectivity index (χ2n) is 6.49. The molecule has 6 nitrogen and oxygen atoms in total. The molecule has 2 aromatic rings. The molecule has 1 atom stereocenters. The number of amides is 1. The molecular weight excluding hydrogens is 365 g/mol. The first-order chi connectivity index (χ1) is 13.3. The molecule has 7 heteroatoms. The minimum absolute atomic E-state index is 0.165. The van der Waals surface area contributed by atoms with Crippen LogP contribution in [0.2, 0.25) is 0 Å². The van der Waals surface area contributed by atoms with Crippen LogP contribution < -0.4 is 14.8 Å². The van der Waals surface area contributed by atoms with Crippen LogP contribution in [0.3, 0.4) is 0 Å². The van der Waals surface area contributed by atoms with Crippen molar-refractivity contribution >= 4 is 11.9 Å². The molecule has 0 aromatic heterocycles. The van der Waals surface area contributed by atoms with E-state index in [-0.39, 0.29) is 12.5 Å². The third kappa shape index (κ3) is 5.45. The summed E-state index contributed by atoms with van der Waals surface area (Å²) in [5.74, 6) is -0.632. The molecule has 0 aliphatic rings. The van der Waals surface area contributed by atoms with Gasteiger partial charge in [-0.15, -0.1) is 0 Å². The molecule has 1 N–H and O–H groups in total. The Bertz CT molecular complexity index is 820. The van der Waals surface area contributed by atoms with Crippen LogP contribution in [-0.2, 0) is 16.1 Å². The summed E-state index contributed by atoms with van der Waals surface area (Å²) in [6, 6.07) is 9.64. The van der Waals surface area contributed by atoms with Crippen molar-refractivity contribution in [3.05, 3.63) is 59.4 Å². The van der Waals surface area contributed by atoms with E-state index in [1.165, 1.54) is 32.4 Å². The predicted molar refractivity (Wildman–Crippen MR) is 102 cm³/mol. The first-order valence-corrected chi connectivity index (χ1v) is 8.79. The lowest BCUT2D eigenvalue weighted by Crippen LogP contribution is -2.45. The van der Waals surface area contributed by atoms with Crippen molar-refractivity contribution in [3.63, 3.8) is 0 Å². The first kappa shape index (κ1) is 21.2. The molecule has 0 aliphatic heterocycles. The van der Waals surface area contributed by atoms with E-state index in [4.69, 9.17) is 14.2 Å². The zero-order valence-corrected chi connectivity index (χ0v) is 16.3. The van der Waals surface area contributed by atoms with Gasteiger partial charge in [0.15, 0.2) is 0 Å². The van der Waals surface area contributed by atoms with Crippen LogP contribution in [0.4, 0.5) is 4.39 Å². The number of carbonyl (C=O) groups is 2. The Morgan fingerprint density at radius 3 is 2.29 bits per heavy atom. The van der Waals surface area contributed by atoms with E-state index in [0.29, 0.717) is 22.6 Å². The monoisotopic (exact) mass is 389 g/mol. The van der Waals surface area contributed by atoms with Crippen LogP contribution in [0, 0.1) is 11.7 Å². The van der Waals surface area contributed by atoms with Gasteiger partial charge in [-0.1, -0.05) is 13.8 Å². The predicted octanol–water partition coefficient (Wildman–Crippen LogP) is 3.34. The standard InChI is InChI=1S/C21H24FNO5/c1-13(2)19(23-20(24)14-5-8-17(26-3)9-6-14)21(25)28-12-15-11-16(22)7-10-18(15)27-4/h5-11,13,19H,12H2,1-4H3,(H,23,24). The van der Waals surface area contributed by atoms with E-state index in [0.717, 1.165) is 0 Å². The SMILES string of the molecule is COc1ccc(C(=O)NC(C(=O)OCc2cc(F)ccc2OC)C(C)C)cc1. The van der Waals surface area contributed by atoms with Crippen molar-refractivity contribution < 1.29 is 28.2 Å². The Kier molecular flexibility index (Phi) is 7.37. The summed E-state index contributed by atoms with van der Waals surface area (Å²) in [7, 11) is 2.98. The van der Waals surface area contributed by atoms with E-state index in [1.807, 2.05) is 0 Å². The van der Waals surface area contributed by atoms with Crippen LogP contribution in [0.25, 0.3) is 0 Å². The summed E-state index contributed by atoms with van der Waals surface area (Å²) in [5.41, 5.74) is 0.797. The summed E-state index contributed by atoms with van der Waals surface area (Å²) in [6.45, 7) is 3.42. The van der Waals surface area contributed by atoms with Gasteiger partial charge in [0.2, 0.25) is 0 Å². The second kappa shape index (κ2) is 9.73. The summed E-state index contributed by atoms with van der Waals surface area (Å²) in [5, 5.41) is 2.69. The fraction of sp³-hybridized carbons (Fsp3) is 0.333. The average molecular weight is 389 g/mol. The van der Waals surface area contributed by atoms with Gasteiger partial charge in [0.25, 0.3) is 5.91 Å². The first-order valence-electron chi connectivity index (χ1n) is 8.79. The van der Waals surface area contributed by atoms with Crippen molar-refractivity contribution in [2.45, 2.75) is 26.5 Å². The highest BCUT2D eigenvalue weighted by atomic mass is 19.1. The van der Waals surface area contributed by atoms with E-state index >= 15 is 0 Å². The lowest BCUT2D eigenvalue weighted by molar-refractivity contribution is -0.148. The van der Waals surface area contributed by atoms with Crippen LogP contribution in [0.1, 0.15) is 29.8 Å². The smallest absolute Gasteiger partial charge is 0.329 e. The number of ether oxygens (including phenoxy) is 3. The van der Waals surface area contributed by atoms with Crippen LogP contribution >= 0.6 is 0 Å². The van der Waals surface area contributed by atoms with Crippen molar-refractivity contribution in [2.24, 2.45) is 5.92 Å². The summed E-state index contributed by atoms with van der Waals surface area (Å²) < 4.78 is 29.0. The van der Waals surface area contributed by atoms with Gasteiger partial charge >= 0.3 is 5.97 Å². The maximum atomic E-state index is 13.4. The molecule has 1 unspecified atom stereocenters. The Balaban J connectivity index is 2.05. The largest absolute Gasteiger partial charge is 0.497 e. The molecule has 0 bridgehead atoms. The zero-order chi connectivity index (χ0) is 20.7. The number of nitrogens with one attached hydrogen (secondary N) is 1. The number of hydrogen-bond donors (Lipinski definition) is 1. The molecule has 0 spiro atoms. The Morgan fingerprint density at radius 2 is 1.71 bits per heavy atom. The number of methoxy groups -OCH3 is 2. The minimum atomic E-state index is -0.853. The van der Waals surface area contributed by atoms with Crippen molar-refractivity contribution in [2.75, 3.05) is 14.2 Å². The molecule has 0 radical (unpaired) electrons. The van der Waals surface area contributed by atoms with Crippen LogP contribution in [-0.4, -0.2) is 32.1 Å². The maximum absolute atomic E-state index is 13.4. The summed E-state index contributed by atoms with van der Waals surface area (Å²) in [4.78, 5) is 25.0. The number of carbonyl (C=O) groups excluding carboxylic acids is 2. The molecule has 0 saturated heterocycles. The average Bonchev–Trinajstić information content (AvgIpc) is 2.70. The van der Waals surface area contributed by atoms with Crippen molar-refractivity contribution in [1.29, 1.82) is 0 Å². The summed E-state index contributed by atoms with van der Waals surface area (Å²) in [6.07, 6.45) is 0.